The second-order valence-electron chi connectivity index (χ2n) is 4.52. The molecule has 102 valence electrons. The molecule has 0 aliphatic heterocycles. The van der Waals surface area contributed by atoms with Gasteiger partial charge in [-0.3, -0.25) is 0 Å². The van der Waals surface area contributed by atoms with Crippen LogP contribution >= 0.6 is 15.9 Å². The van der Waals surface area contributed by atoms with Gasteiger partial charge in [-0.25, -0.2) is 0 Å². The molecule has 0 spiro atoms. The maximum Gasteiger partial charge on any atom is 0.146 e. The largest absolute Gasteiger partial charge is 0.508 e. The van der Waals surface area contributed by atoms with E-state index >= 15 is 0 Å². The molecule has 0 aromatic heterocycles. The molecule has 3 nitrogen and oxygen atoms in total. The first kappa shape index (κ1) is 13.5. The summed E-state index contributed by atoms with van der Waals surface area (Å²) in [7, 11) is 0. The lowest BCUT2D eigenvalue weighted by molar-refractivity contribution is 0.475. The van der Waals surface area contributed by atoms with Crippen molar-refractivity contribution in [2.24, 2.45) is 0 Å². The van der Waals surface area contributed by atoms with Gasteiger partial charge in [0.15, 0.2) is 0 Å². The minimum atomic E-state index is 0.208. The van der Waals surface area contributed by atoms with Crippen molar-refractivity contribution in [2.75, 3.05) is 0 Å². The average molecular weight is 340 g/mol. The number of hydrogen-bond donors (Lipinski definition) is 1. The molecule has 0 bridgehead atoms. The van der Waals surface area contributed by atoms with Crippen LogP contribution in [0.3, 0.4) is 0 Å². The van der Waals surface area contributed by atoms with Crippen molar-refractivity contribution in [1.82, 2.24) is 0 Å². The first-order chi connectivity index (χ1) is 10.2. The Morgan fingerprint density at radius 3 is 2.62 bits per heavy atom. The molecule has 21 heavy (non-hydrogen) atoms. The standard InChI is InChI=1S/C17H10BrNO2/c18-16-2-1-3-17(15(16)10-19)21-14-7-5-11-4-6-13(20)8-12(11)9-14/h1-9,20H. The first-order valence-corrected chi connectivity index (χ1v) is 7.06. The molecule has 0 unspecified atom stereocenters. The van der Waals surface area contributed by atoms with Crippen LogP contribution in [0, 0.1) is 11.3 Å². The average Bonchev–Trinajstić information content (AvgIpc) is 2.47. The minimum Gasteiger partial charge on any atom is -0.508 e. The topological polar surface area (TPSA) is 53.2 Å². The summed E-state index contributed by atoms with van der Waals surface area (Å²) >= 11 is 3.33. The predicted octanol–water partition coefficient (Wildman–Crippen LogP) is 4.97. The Labute approximate surface area is 130 Å². The van der Waals surface area contributed by atoms with Crippen LogP contribution in [0.4, 0.5) is 0 Å². The second kappa shape index (κ2) is 5.47. The van der Waals surface area contributed by atoms with Crippen LogP contribution in [-0.2, 0) is 0 Å². The molecule has 1 N–H and O–H groups in total. The van der Waals surface area contributed by atoms with Gasteiger partial charge in [0.2, 0.25) is 0 Å². The van der Waals surface area contributed by atoms with Crippen LogP contribution < -0.4 is 4.74 Å². The van der Waals surface area contributed by atoms with E-state index in [1.165, 1.54) is 0 Å². The number of nitriles is 1. The van der Waals surface area contributed by atoms with Crippen LogP contribution in [0.5, 0.6) is 17.2 Å². The molecule has 0 atom stereocenters. The van der Waals surface area contributed by atoms with Gasteiger partial charge < -0.3 is 9.84 Å². The second-order valence-corrected chi connectivity index (χ2v) is 5.37. The van der Waals surface area contributed by atoms with E-state index in [9.17, 15) is 10.4 Å². The van der Waals surface area contributed by atoms with Gasteiger partial charge in [-0.2, -0.15) is 5.26 Å². The SMILES string of the molecule is N#Cc1c(Br)cccc1Oc1ccc2ccc(O)cc2c1. The number of phenolic OH excluding ortho intramolecular Hbond substituents is 1. The number of rotatable bonds is 2. The molecule has 3 aromatic rings. The maximum atomic E-state index is 9.54. The number of ether oxygens (including phenoxy) is 1. The zero-order chi connectivity index (χ0) is 14.8. The lowest BCUT2D eigenvalue weighted by atomic mass is 10.1. The van der Waals surface area contributed by atoms with E-state index in [-0.39, 0.29) is 5.75 Å². The van der Waals surface area contributed by atoms with Crippen molar-refractivity contribution in [3.63, 3.8) is 0 Å². The Hall–Kier alpha value is -2.51. The van der Waals surface area contributed by atoms with Crippen molar-refractivity contribution >= 4 is 26.7 Å². The molecule has 0 saturated carbocycles. The predicted molar refractivity (Wildman–Crippen MR) is 84.5 cm³/mol. The summed E-state index contributed by atoms with van der Waals surface area (Å²) in [6.07, 6.45) is 0. The molecule has 3 aromatic carbocycles. The molecule has 0 aliphatic rings. The summed E-state index contributed by atoms with van der Waals surface area (Å²) in [6.45, 7) is 0. The summed E-state index contributed by atoms with van der Waals surface area (Å²) in [4.78, 5) is 0. The number of hydrogen-bond acceptors (Lipinski definition) is 3. The van der Waals surface area contributed by atoms with Gasteiger partial charge in [-0.05, 0) is 63.1 Å². The van der Waals surface area contributed by atoms with E-state index in [4.69, 9.17) is 4.74 Å². The molecular formula is C17H10BrNO2. The van der Waals surface area contributed by atoms with Gasteiger partial charge in [-0.15, -0.1) is 0 Å². The Morgan fingerprint density at radius 1 is 1.00 bits per heavy atom. The summed E-state index contributed by atoms with van der Waals surface area (Å²) in [5, 5.41) is 20.6. The van der Waals surface area contributed by atoms with Crippen LogP contribution in [0.2, 0.25) is 0 Å². The highest BCUT2D eigenvalue weighted by Crippen LogP contribution is 2.32. The van der Waals surface area contributed by atoms with Crippen LogP contribution in [0.1, 0.15) is 5.56 Å². The van der Waals surface area contributed by atoms with Gasteiger partial charge in [-0.1, -0.05) is 18.2 Å². The van der Waals surface area contributed by atoms with E-state index in [2.05, 4.69) is 22.0 Å². The van der Waals surface area contributed by atoms with Crippen molar-refractivity contribution in [2.45, 2.75) is 0 Å². The first-order valence-electron chi connectivity index (χ1n) is 6.26. The Kier molecular flexibility index (Phi) is 3.51. The van der Waals surface area contributed by atoms with Crippen LogP contribution in [-0.4, -0.2) is 5.11 Å². The third kappa shape index (κ3) is 2.69. The fourth-order valence-corrected chi connectivity index (χ4v) is 2.54. The highest BCUT2D eigenvalue weighted by molar-refractivity contribution is 9.10. The number of aromatic hydroxyl groups is 1. The fourth-order valence-electron chi connectivity index (χ4n) is 2.10. The van der Waals surface area contributed by atoms with E-state index in [1.807, 2.05) is 30.3 Å². The number of phenols is 1. The zero-order valence-electron chi connectivity index (χ0n) is 10.9. The zero-order valence-corrected chi connectivity index (χ0v) is 12.5. The highest BCUT2D eigenvalue weighted by Gasteiger charge is 2.08. The summed E-state index contributed by atoms with van der Waals surface area (Å²) in [5.41, 5.74) is 0.452. The molecule has 3 rings (SSSR count). The van der Waals surface area contributed by atoms with E-state index in [0.717, 1.165) is 10.8 Å². The maximum absolute atomic E-state index is 9.54. The molecule has 0 radical (unpaired) electrons. The lowest BCUT2D eigenvalue weighted by Gasteiger charge is -2.09. The summed E-state index contributed by atoms with van der Waals surface area (Å²) in [5.74, 6) is 1.31. The lowest BCUT2D eigenvalue weighted by Crippen LogP contribution is -1.89. The summed E-state index contributed by atoms with van der Waals surface area (Å²) in [6, 6.07) is 18.2. The Bertz CT molecular complexity index is 868. The van der Waals surface area contributed by atoms with E-state index < -0.39 is 0 Å². The van der Waals surface area contributed by atoms with Crippen molar-refractivity contribution in [1.29, 1.82) is 5.26 Å². The third-order valence-electron chi connectivity index (χ3n) is 3.11. The van der Waals surface area contributed by atoms with Crippen LogP contribution in [0.25, 0.3) is 10.8 Å². The normalized spacial score (nSPS) is 10.3. The molecule has 0 heterocycles. The Morgan fingerprint density at radius 2 is 1.81 bits per heavy atom. The number of nitrogens with zero attached hydrogens (tertiary/aromatic N) is 1. The third-order valence-corrected chi connectivity index (χ3v) is 3.77. The van der Waals surface area contributed by atoms with Crippen molar-refractivity contribution in [3.8, 4) is 23.3 Å². The number of halogens is 1. The fraction of sp³-hybridized carbons (Fsp3) is 0. The molecule has 4 heteroatoms. The van der Waals surface area contributed by atoms with Gasteiger partial charge in [0.05, 0.1) is 0 Å². The van der Waals surface area contributed by atoms with Crippen molar-refractivity contribution in [3.05, 3.63) is 64.6 Å². The van der Waals surface area contributed by atoms with Gasteiger partial charge in [0, 0.05) is 4.47 Å². The minimum absolute atomic E-state index is 0.208. The number of fused-ring (bicyclic) bond motifs is 1. The Balaban J connectivity index is 2.03. The monoisotopic (exact) mass is 339 g/mol. The molecular weight excluding hydrogens is 330 g/mol. The van der Waals surface area contributed by atoms with E-state index in [1.54, 1.807) is 24.3 Å². The van der Waals surface area contributed by atoms with Gasteiger partial charge >= 0.3 is 0 Å². The highest BCUT2D eigenvalue weighted by atomic mass is 79.9. The van der Waals surface area contributed by atoms with Gasteiger partial charge in [0.25, 0.3) is 0 Å². The molecule has 0 amide bonds. The van der Waals surface area contributed by atoms with E-state index in [0.29, 0.717) is 21.5 Å². The van der Waals surface area contributed by atoms with Gasteiger partial charge in [0.1, 0.15) is 28.9 Å². The molecule has 0 saturated heterocycles. The number of benzene rings is 3. The smallest absolute Gasteiger partial charge is 0.146 e. The quantitative estimate of drug-likeness (QED) is 0.716. The van der Waals surface area contributed by atoms with Crippen molar-refractivity contribution < 1.29 is 9.84 Å². The summed E-state index contributed by atoms with van der Waals surface area (Å²) < 4.78 is 6.49. The molecule has 0 aliphatic carbocycles. The molecule has 0 fully saturated rings. The van der Waals surface area contributed by atoms with Crippen LogP contribution in [0.15, 0.2) is 59.1 Å².